The zero-order valence-electron chi connectivity index (χ0n) is 11.7. The van der Waals surface area contributed by atoms with Gasteiger partial charge in [0.15, 0.2) is 5.11 Å². The van der Waals surface area contributed by atoms with Gasteiger partial charge in [-0.15, -0.1) is 6.58 Å². The third-order valence-corrected chi connectivity index (χ3v) is 2.86. The zero-order chi connectivity index (χ0) is 14.7. The van der Waals surface area contributed by atoms with Gasteiger partial charge >= 0.3 is 0 Å². The Morgan fingerprint density at radius 3 is 2.68 bits per heavy atom. The van der Waals surface area contributed by atoms with Crippen LogP contribution in [0.25, 0.3) is 0 Å². The molecule has 0 aliphatic carbocycles. The molecule has 19 heavy (non-hydrogen) atoms. The first-order chi connectivity index (χ1) is 9.01. The molecule has 0 aliphatic rings. The summed E-state index contributed by atoms with van der Waals surface area (Å²) in [6.45, 7) is 7.86. The number of hydrazine groups is 1. The van der Waals surface area contributed by atoms with E-state index in [-0.39, 0.29) is 11.8 Å². The fourth-order valence-corrected chi connectivity index (χ4v) is 1.78. The van der Waals surface area contributed by atoms with Crippen molar-refractivity contribution in [2.45, 2.75) is 45.6 Å². The summed E-state index contributed by atoms with van der Waals surface area (Å²) in [4.78, 5) is 12.0. The number of carbonyl (C=O) groups excluding carboxylic acids is 1. The van der Waals surface area contributed by atoms with Crippen LogP contribution in [0.4, 0.5) is 0 Å². The van der Waals surface area contributed by atoms with Crippen molar-refractivity contribution >= 4 is 23.2 Å². The minimum Gasteiger partial charge on any atom is -0.393 e. The second kappa shape index (κ2) is 10.8. The van der Waals surface area contributed by atoms with Gasteiger partial charge < -0.3 is 10.4 Å². The molecule has 0 radical (unpaired) electrons. The molecule has 0 aromatic rings. The van der Waals surface area contributed by atoms with Crippen LogP contribution in [-0.4, -0.2) is 28.8 Å². The standard InChI is InChI=1S/C13H25N3O2S/c1-4-6-7-11(9-10(3)17)12(18)15-16-13(19)14-8-5-2/h5,10-11,17H,2,4,6-9H2,1,3H3,(H,15,18)(H2,14,16,19). The second-order valence-corrected chi connectivity index (χ2v) is 4.95. The summed E-state index contributed by atoms with van der Waals surface area (Å²) in [5, 5.41) is 12.6. The molecule has 0 saturated heterocycles. The topological polar surface area (TPSA) is 73.4 Å². The number of nitrogens with one attached hydrogen (secondary N) is 3. The molecule has 2 unspecified atom stereocenters. The van der Waals surface area contributed by atoms with Crippen LogP contribution in [0.2, 0.25) is 0 Å². The van der Waals surface area contributed by atoms with Gasteiger partial charge in [-0.3, -0.25) is 15.6 Å². The molecule has 2 atom stereocenters. The molecule has 4 N–H and O–H groups in total. The van der Waals surface area contributed by atoms with Crippen molar-refractivity contribution in [2.75, 3.05) is 6.54 Å². The van der Waals surface area contributed by atoms with E-state index in [2.05, 4.69) is 29.7 Å². The lowest BCUT2D eigenvalue weighted by molar-refractivity contribution is -0.126. The van der Waals surface area contributed by atoms with Gasteiger partial charge in [-0.05, 0) is 32.0 Å². The molecular formula is C13H25N3O2S. The summed E-state index contributed by atoms with van der Waals surface area (Å²) >= 11 is 4.97. The van der Waals surface area contributed by atoms with Crippen LogP contribution in [0.1, 0.15) is 39.5 Å². The molecule has 0 heterocycles. The maximum atomic E-state index is 12.0. The predicted molar refractivity (Wildman–Crippen MR) is 81.4 cm³/mol. The first-order valence-corrected chi connectivity index (χ1v) is 7.04. The minimum atomic E-state index is -0.488. The van der Waals surface area contributed by atoms with Gasteiger partial charge in [0.25, 0.3) is 0 Å². The predicted octanol–water partition coefficient (Wildman–Crippen LogP) is 1.24. The highest BCUT2D eigenvalue weighted by Crippen LogP contribution is 2.15. The monoisotopic (exact) mass is 287 g/mol. The summed E-state index contributed by atoms with van der Waals surface area (Å²) in [6.07, 6.45) is 4.40. The number of rotatable bonds is 8. The van der Waals surface area contributed by atoms with Crippen molar-refractivity contribution in [2.24, 2.45) is 5.92 Å². The largest absolute Gasteiger partial charge is 0.393 e. The molecule has 0 rings (SSSR count). The molecule has 0 fully saturated rings. The molecule has 0 aromatic heterocycles. The summed E-state index contributed by atoms with van der Waals surface area (Å²) in [6, 6.07) is 0. The lowest BCUT2D eigenvalue weighted by atomic mass is 9.95. The number of hydrogen-bond donors (Lipinski definition) is 4. The summed E-state index contributed by atoms with van der Waals surface area (Å²) < 4.78 is 0. The average molecular weight is 287 g/mol. The molecular weight excluding hydrogens is 262 g/mol. The van der Waals surface area contributed by atoms with Gasteiger partial charge in [-0.25, -0.2) is 0 Å². The molecule has 0 aromatic carbocycles. The highest BCUT2D eigenvalue weighted by atomic mass is 32.1. The molecule has 0 saturated carbocycles. The van der Waals surface area contributed by atoms with E-state index in [0.29, 0.717) is 18.1 Å². The Morgan fingerprint density at radius 1 is 1.47 bits per heavy atom. The number of amides is 1. The van der Waals surface area contributed by atoms with E-state index in [1.165, 1.54) is 0 Å². The Balaban J connectivity index is 4.15. The normalized spacial score (nSPS) is 13.2. The second-order valence-electron chi connectivity index (χ2n) is 4.54. The first kappa shape index (κ1) is 17.9. The highest BCUT2D eigenvalue weighted by molar-refractivity contribution is 7.80. The lowest BCUT2D eigenvalue weighted by Gasteiger charge is -2.19. The molecule has 0 spiro atoms. The van der Waals surface area contributed by atoms with Crippen LogP contribution in [0, 0.1) is 5.92 Å². The quantitative estimate of drug-likeness (QED) is 0.307. The summed E-state index contributed by atoms with van der Waals surface area (Å²) in [5.74, 6) is -0.341. The Kier molecular flexibility index (Phi) is 10.1. The Hall–Kier alpha value is -1.14. The van der Waals surface area contributed by atoms with Crippen LogP contribution >= 0.6 is 12.2 Å². The maximum absolute atomic E-state index is 12.0. The average Bonchev–Trinajstić information content (AvgIpc) is 2.37. The summed E-state index contributed by atoms with van der Waals surface area (Å²) in [5.41, 5.74) is 5.21. The van der Waals surface area contributed by atoms with Crippen LogP contribution in [0.3, 0.4) is 0 Å². The lowest BCUT2D eigenvalue weighted by Crippen LogP contribution is -2.49. The van der Waals surface area contributed by atoms with Gasteiger partial charge in [0.05, 0.1) is 6.10 Å². The highest BCUT2D eigenvalue weighted by Gasteiger charge is 2.19. The number of aliphatic hydroxyl groups is 1. The smallest absolute Gasteiger partial charge is 0.241 e. The third-order valence-electron chi connectivity index (χ3n) is 2.61. The van der Waals surface area contributed by atoms with E-state index in [1.807, 2.05) is 0 Å². The number of hydrogen-bond acceptors (Lipinski definition) is 3. The molecule has 6 heteroatoms. The first-order valence-electron chi connectivity index (χ1n) is 6.63. The van der Waals surface area contributed by atoms with E-state index in [4.69, 9.17) is 12.2 Å². The SMILES string of the molecule is C=CCNC(=S)NNC(=O)C(CCCC)CC(C)O. The number of carbonyl (C=O) groups is 1. The fourth-order valence-electron chi connectivity index (χ4n) is 1.65. The van der Waals surface area contributed by atoms with Gasteiger partial charge in [0.1, 0.15) is 0 Å². The Bertz CT molecular complexity index is 296. The van der Waals surface area contributed by atoms with E-state index >= 15 is 0 Å². The van der Waals surface area contributed by atoms with Crippen LogP contribution in [0.5, 0.6) is 0 Å². The number of aliphatic hydroxyl groups excluding tert-OH is 1. The Labute approximate surface area is 120 Å². The van der Waals surface area contributed by atoms with Crippen molar-refractivity contribution in [3.05, 3.63) is 12.7 Å². The van der Waals surface area contributed by atoms with Crippen LogP contribution in [-0.2, 0) is 4.79 Å². The van der Waals surface area contributed by atoms with Gasteiger partial charge in [0, 0.05) is 12.5 Å². The summed E-state index contributed by atoms with van der Waals surface area (Å²) in [7, 11) is 0. The molecule has 0 aliphatic heterocycles. The van der Waals surface area contributed by atoms with Crippen molar-refractivity contribution in [1.29, 1.82) is 0 Å². The maximum Gasteiger partial charge on any atom is 0.241 e. The van der Waals surface area contributed by atoms with Crippen LogP contribution < -0.4 is 16.2 Å². The van der Waals surface area contributed by atoms with Crippen molar-refractivity contribution < 1.29 is 9.90 Å². The van der Waals surface area contributed by atoms with Crippen molar-refractivity contribution in [3.63, 3.8) is 0 Å². The molecule has 110 valence electrons. The molecule has 1 amide bonds. The van der Waals surface area contributed by atoms with Gasteiger partial charge in [0.2, 0.25) is 5.91 Å². The van der Waals surface area contributed by atoms with Gasteiger partial charge in [-0.2, -0.15) is 0 Å². The number of unbranched alkanes of at least 4 members (excludes halogenated alkanes) is 1. The van der Waals surface area contributed by atoms with Gasteiger partial charge in [-0.1, -0.05) is 25.8 Å². The van der Waals surface area contributed by atoms with E-state index < -0.39 is 6.10 Å². The van der Waals surface area contributed by atoms with E-state index in [0.717, 1.165) is 19.3 Å². The molecule has 0 bridgehead atoms. The van der Waals surface area contributed by atoms with Crippen molar-refractivity contribution in [1.82, 2.24) is 16.2 Å². The molecule has 5 nitrogen and oxygen atoms in total. The Morgan fingerprint density at radius 2 is 2.16 bits per heavy atom. The van der Waals surface area contributed by atoms with Crippen LogP contribution in [0.15, 0.2) is 12.7 Å². The van der Waals surface area contributed by atoms with E-state index in [1.54, 1.807) is 13.0 Å². The zero-order valence-corrected chi connectivity index (χ0v) is 12.6. The van der Waals surface area contributed by atoms with E-state index in [9.17, 15) is 9.90 Å². The van der Waals surface area contributed by atoms with Crippen molar-refractivity contribution in [3.8, 4) is 0 Å². The minimum absolute atomic E-state index is 0.142. The third kappa shape index (κ3) is 9.44. The number of thiocarbonyl (C=S) groups is 1. The fraction of sp³-hybridized carbons (Fsp3) is 0.692.